The van der Waals surface area contributed by atoms with Gasteiger partial charge in [-0.05, 0) is 18.2 Å². The molecule has 15 heavy (non-hydrogen) atoms. The first kappa shape index (κ1) is 10.1. The van der Waals surface area contributed by atoms with Crippen LogP contribution in [0.5, 0.6) is 0 Å². The van der Waals surface area contributed by atoms with Crippen LogP contribution >= 0.6 is 11.8 Å². The molecule has 0 saturated heterocycles. The highest BCUT2D eigenvalue weighted by Crippen LogP contribution is 2.45. The van der Waals surface area contributed by atoms with Crippen LogP contribution in [-0.2, 0) is 0 Å². The summed E-state index contributed by atoms with van der Waals surface area (Å²) < 4.78 is 0. The lowest BCUT2D eigenvalue weighted by atomic mass is 10.3. The van der Waals surface area contributed by atoms with Crippen LogP contribution in [0.1, 0.15) is 0 Å². The second-order valence-corrected chi connectivity index (χ2v) is 4.23. The fourth-order valence-corrected chi connectivity index (χ4v) is 2.66. The van der Waals surface area contributed by atoms with E-state index >= 15 is 0 Å². The summed E-state index contributed by atoms with van der Waals surface area (Å²) in [5.41, 5.74) is 1.23. The van der Waals surface area contributed by atoms with Gasteiger partial charge in [0.25, 0.3) is 0 Å². The topological polar surface area (TPSA) is 3.24 Å². The summed E-state index contributed by atoms with van der Waals surface area (Å²) in [6.07, 6.45) is 5.39. The molecule has 0 atom stereocenters. The summed E-state index contributed by atoms with van der Waals surface area (Å²) in [4.78, 5) is 3.48. The molecule has 1 heterocycles. The van der Waals surface area contributed by atoms with Gasteiger partial charge in [0.1, 0.15) is 0 Å². The van der Waals surface area contributed by atoms with Crippen LogP contribution in [0.3, 0.4) is 0 Å². The fraction of sp³-hybridized carbons (Fsp3) is 0.0769. The zero-order chi connectivity index (χ0) is 10.7. The van der Waals surface area contributed by atoms with Crippen molar-refractivity contribution in [1.29, 1.82) is 0 Å². The first-order chi connectivity index (χ1) is 7.36. The third-order valence-corrected chi connectivity index (χ3v) is 3.32. The summed E-state index contributed by atoms with van der Waals surface area (Å²) in [7, 11) is 0. The Labute approximate surface area is 94.8 Å². The van der Waals surface area contributed by atoms with E-state index in [1.165, 1.54) is 10.6 Å². The summed E-state index contributed by atoms with van der Waals surface area (Å²) in [6.45, 7) is 10.0. The number of rotatable bonds is 3. The van der Waals surface area contributed by atoms with Crippen LogP contribution in [0.15, 0.2) is 59.0 Å². The molecule has 0 bridgehead atoms. The lowest BCUT2D eigenvalue weighted by molar-refractivity contribution is 1.07. The van der Waals surface area contributed by atoms with Crippen LogP contribution in [0.25, 0.3) is 0 Å². The average Bonchev–Trinajstić information content (AvgIpc) is 2.59. The minimum atomic E-state index is 0.809. The molecule has 0 amide bonds. The molecule has 0 N–H and O–H groups in total. The van der Waals surface area contributed by atoms with Crippen LogP contribution in [0.4, 0.5) is 5.69 Å². The van der Waals surface area contributed by atoms with Crippen molar-refractivity contribution >= 4 is 17.4 Å². The van der Waals surface area contributed by atoms with Gasteiger partial charge >= 0.3 is 0 Å². The van der Waals surface area contributed by atoms with E-state index in [1.54, 1.807) is 17.8 Å². The van der Waals surface area contributed by atoms with Crippen molar-refractivity contribution in [2.75, 3.05) is 11.4 Å². The zero-order valence-electron chi connectivity index (χ0n) is 8.39. The van der Waals surface area contributed by atoms with Crippen LogP contribution in [0, 0.1) is 6.58 Å². The smallest absolute Gasteiger partial charge is 0.0804 e. The van der Waals surface area contributed by atoms with Crippen molar-refractivity contribution in [3.63, 3.8) is 0 Å². The van der Waals surface area contributed by atoms with Gasteiger partial charge in [0.2, 0.25) is 0 Å². The van der Waals surface area contributed by atoms with Gasteiger partial charge < -0.3 is 4.90 Å². The van der Waals surface area contributed by atoms with Crippen LogP contribution in [0.2, 0.25) is 0 Å². The van der Waals surface area contributed by atoms with E-state index in [9.17, 15) is 0 Å². The van der Waals surface area contributed by atoms with E-state index in [0.29, 0.717) is 0 Å². The number of anilines is 1. The molecule has 2 heteroatoms. The molecule has 1 aliphatic rings. The summed E-state index contributed by atoms with van der Waals surface area (Å²) in [5, 5.41) is 1.15. The Morgan fingerprint density at radius 1 is 1.40 bits per heavy atom. The van der Waals surface area contributed by atoms with Gasteiger partial charge in [0.15, 0.2) is 0 Å². The highest BCUT2D eigenvalue weighted by molar-refractivity contribution is 8.03. The summed E-state index contributed by atoms with van der Waals surface area (Å²) in [5.74, 6) is 0. The van der Waals surface area contributed by atoms with E-state index in [4.69, 9.17) is 6.58 Å². The number of fused-ring (bicyclic) bond motifs is 1. The maximum Gasteiger partial charge on any atom is 0.0804 e. The molecule has 0 unspecified atom stereocenters. The summed E-state index contributed by atoms with van der Waals surface area (Å²) in [6, 6.07) is 8.33. The predicted molar refractivity (Wildman–Crippen MR) is 66.8 cm³/mol. The largest absolute Gasteiger partial charge is 0.331 e. The molecule has 1 nitrogen and oxygen atoms in total. The molecule has 1 aromatic rings. The van der Waals surface area contributed by atoms with E-state index < -0.39 is 0 Å². The lowest BCUT2D eigenvalue weighted by Gasteiger charge is -2.17. The van der Waals surface area contributed by atoms with Crippen molar-refractivity contribution in [2.24, 2.45) is 0 Å². The molecule has 0 aromatic heterocycles. The molecule has 0 fully saturated rings. The maximum atomic E-state index is 5.43. The highest BCUT2D eigenvalue weighted by atomic mass is 32.2. The van der Waals surface area contributed by atoms with Crippen molar-refractivity contribution in [3.05, 3.63) is 60.7 Å². The minimum Gasteiger partial charge on any atom is -0.331 e. The molecule has 0 saturated carbocycles. The van der Waals surface area contributed by atoms with E-state index in [1.807, 2.05) is 24.3 Å². The first-order valence-corrected chi connectivity index (χ1v) is 5.59. The van der Waals surface area contributed by atoms with Gasteiger partial charge in [-0.25, -0.2) is 0 Å². The highest BCUT2D eigenvalue weighted by Gasteiger charge is 2.22. The van der Waals surface area contributed by atoms with E-state index in [0.717, 1.165) is 11.6 Å². The normalized spacial score (nSPS) is 16.5. The number of para-hydroxylation sites is 1. The monoisotopic (exact) mass is 214 g/mol. The number of allylic oxidation sites excluding steroid dienone is 2. The minimum absolute atomic E-state index is 0.809. The number of benzene rings is 1. The van der Waals surface area contributed by atoms with Gasteiger partial charge in [0, 0.05) is 11.4 Å². The van der Waals surface area contributed by atoms with Gasteiger partial charge in [-0.2, -0.15) is 0 Å². The SMILES string of the molecule is [CH]=CC=C1Sc2ccccc2N1CC=C. The zero-order valence-corrected chi connectivity index (χ0v) is 9.20. The van der Waals surface area contributed by atoms with Gasteiger partial charge in [-0.1, -0.05) is 42.6 Å². The quantitative estimate of drug-likeness (QED) is 0.707. The van der Waals surface area contributed by atoms with Crippen molar-refractivity contribution in [1.82, 2.24) is 0 Å². The van der Waals surface area contributed by atoms with E-state index in [-0.39, 0.29) is 0 Å². The van der Waals surface area contributed by atoms with Crippen molar-refractivity contribution in [2.45, 2.75) is 4.90 Å². The van der Waals surface area contributed by atoms with Crippen molar-refractivity contribution < 1.29 is 0 Å². The number of hydrogen-bond acceptors (Lipinski definition) is 2. The lowest BCUT2D eigenvalue weighted by Crippen LogP contribution is -2.16. The molecular weight excluding hydrogens is 202 g/mol. The second-order valence-electron chi connectivity index (χ2n) is 3.17. The van der Waals surface area contributed by atoms with Gasteiger partial charge in [0.05, 0.1) is 10.7 Å². The molecule has 1 radical (unpaired) electrons. The summed E-state index contributed by atoms with van der Waals surface area (Å²) >= 11 is 1.74. The molecule has 75 valence electrons. The molecule has 0 aliphatic carbocycles. The maximum absolute atomic E-state index is 5.43. The molecule has 0 spiro atoms. The molecular formula is C13H12NS. The second kappa shape index (κ2) is 4.41. The molecule has 2 rings (SSSR count). The Balaban J connectivity index is 2.41. The Kier molecular flexibility index (Phi) is 2.97. The first-order valence-electron chi connectivity index (χ1n) is 4.77. The Morgan fingerprint density at radius 2 is 2.20 bits per heavy atom. The van der Waals surface area contributed by atoms with Crippen LogP contribution in [-0.4, -0.2) is 6.54 Å². The Bertz CT molecular complexity index is 420. The van der Waals surface area contributed by atoms with E-state index in [2.05, 4.69) is 23.6 Å². The third kappa shape index (κ3) is 1.85. The fourth-order valence-electron chi connectivity index (χ4n) is 1.58. The van der Waals surface area contributed by atoms with Gasteiger partial charge in [-0.15, -0.1) is 6.58 Å². The van der Waals surface area contributed by atoms with Crippen LogP contribution < -0.4 is 4.90 Å². The molecule has 1 aromatic carbocycles. The van der Waals surface area contributed by atoms with Gasteiger partial charge in [-0.3, -0.25) is 0 Å². The standard InChI is InChI=1S/C13H12NS/c1-3-7-13-14(10-4-2)11-8-5-6-9-12(11)15-13/h1,3-9H,2,10H2. The Hall–Kier alpha value is -1.41. The average molecular weight is 214 g/mol. The number of hydrogen-bond donors (Lipinski definition) is 0. The predicted octanol–water partition coefficient (Wildman–Crippen LogP) is 3.62. The number of thioether (sulfide) groups is 1. The van der Waals surface area contributed by atoms with Crippen molar-refractivity contribution in [3.8, 4) is 0 Å². The number of nitrogens with zero attached hydrogens (tertiary/aromatic N) is 1. The third-order valence-electron chi connectivity index (χ3n) is 2.19. The molecule has 1 aliphatic heterocycles. The Morgan fingerprint density at radius 3 is 2.93 bits per heavy atom.